The first-order valence-electron chi connectivity index (χ1n) is 15.5. The second-order valence-electron chi connectivity index (χ2n) is 13.3. The van der Waals surface area contributed by atoms with Gasteiger partial charge in [0.1, 0.15) is 17.5 Å². The summed E-state index contributed by atoms with van der Waals surface area (Å²) < 4.78 is 6.05. The first kappa shape index (κ1) is 27.6. The van der Waals surface area contributed by atoms with Crippen LogP contribution in [0.4, 0.5) is 5.69 Å². The molecule has 8 rings (SSSR count). The molecule has 3 amide bonds. The molecule has 43 heavy (non-hydrogen) atoms. The summed E-state index contributed by atoms with van der Waals surface area (Å²) in [5.74, 6) is 1.23. The number of ether oxygens (including phenoxy) is 1. The summed E-state index contributed by atoms with van der Waals surface area (Å²) in [6.45, 7) is 6.64. The second kappa shape index (κ2) is 10.5. The lowest BCUT2D eigenvalue weighted by Crippen LogP contribution is -2.49. The van der Waals surface area contributed by atoms with Gasteiger partial charge in [0.25, 0.3) is 0 Å². The monoisotopic (exact) mass is 574 g/mol. The molecule has 6 heteroatoms. The van der Waals surface area contributed by atoms with Crippen LogP contribution >= 0.6 is 0 Å². The van der Waals surface area contributed by atoms with Gasteiger partial charge in [0.2, 0.25) is 17.7 Å². The molecule has 0 spiro atoms. The van der Waals surface area contributed by atoms with Crippen LogP contribution in [0.1, 0.15) is 44.7 Å². The lowest BCUT2D eigenvalue weighted by molar-refractivity contribution is -0.146. The Hall–Kier alpha value is -4.19. The Morgan fingerprint density at radius 2 is 1.42 bits per heavy atom. The minimum absolute atomic E-state index is 0.107. The van der Waals surface area contributed by atoms with E-state index in [1.54, 1.807) is 12.1 Å². The number of imide groups is 1. The van der Waals surface area contributed by atoms with Gasteiger partial charge in [-0.1, -0.05) is 75.4 Å². The van der Waals surface area contributed by atoms with Crippen molar-refractivity contribution in [2.75, 3.05) is 5.32 Å². The summed E-state index contributed by atoms with van der Waals surface area (Å²) in [6.07, 6.45) is 6.74. The maximum atomic E-state index is 13.9. The van der Waals surface area contributed by atoms with Crippen LogP contribution in [0.15, 0.2) is 91.0 Å². The molecule has 3 fully saturated rings. The van der Waals surface area contributed by atoms with E-state index in [9.17, 15) is 14.4 Å². The number of hydrogen-bond acceptors (Lipinski definition) is 4. The Bertz CT molecular complexity index is 1540. The third-order valence-electron chi connectivity index (χ3n) is 10.5. The van der Waals surface area contributed by atoms with Crippen LogP contribution in [0.2, 0.25) is 0 Å². The van der Waals surface area contributed by atoms with E-state index in [-0.39, 0.29) is 53.2 Å². The molecule has 1 heterocycles. The minimum atomic E-state index is -0.925. The van der Waals surface area contributed by atoms with Crippen LogP contribution < -0.4 is 10.1 Å². The Kier molecular flexibility index (Phi) is 6.76. The highest BCUT2D eigenvalue weighted by Gasteiger charge is 2.67. The molecular formula is C37H38N2O4. The molecule has 2 saturated carbocycles. The van der Waals surface area contributed by atoms with Crippen molar-refractivity contribution in [3.05, 3.63) is 102 Å². The SMILES string of the molecule is CCC(C)(C)c1ccc(Oc2ccc(NC(=O)[C@H](Cc3ccccc3)N3C(=O)[C@@H]4[C@H]5C=C[C@@H]([C@@H]6C[C@H]56)[C@@H]4C3=O)cc2)cc1. The highest BCUT2D eigenvalue weighted by atomic mass is 16.5. The first-order chi connectivity index (χ1) is 20.7. The number of nitrogens with one attached hydrogen (secondary N) is 1. The Morgan fingerprint density at radius 1 is 0.860 bits per heavy atom. The molecule has 0 unspecified atom stereocenters. The van der Waals surface area contributed by atoms with Crippen LogP contribution in [0.3, 0.4) is 0 Å². The van der Waals surface area contributed by atoms with Gasteiger partial charge in [0.15, 0.2) is 0 Å². The number of likely N-dealkylation sites (tertiary alicyclic amines) is 1. The van der Waals surface area contributed by atoms with Crippen LogP contribution in [0.5, 0.6) is 11.5 Å². The van der Waals surface area contributed by atoms with E-state index in [1.165, 1.54) is 10.5 Å². The van der Waals surface area contributed by atoms with Crippen LogP contribution in [0.25, 0.3) is 0 Å². The average molecular weight is 575 g/mol. The number of benzene rings is 3. The Morgan fingerprint density at radius 3 is 1.98 bits per heavy atom. The molecule has 6 nitrogen and oxygen atoms in total. The van der Waals surface area contributed by atoms with Crippen molar-refractivity contribution in [3.8, 4) is 11.5 Å². The van der Waals surface area contributed by atoms with E-state index in [2.05, 4.69) is 50.4 Å². The fourth-order valence-electron chi connectivity index (χ4n) is 7.57. The minimum Gasteiger partial charge on any atom is -0.457 e. The zero-order valence-corrected chi connectivity index (χ0v) is 24.9. The molecule has 220 valence electrons. The largest absolute Gasteiger partial charge is 0.457 e. The van der Waals surface area contributed by atoms with Gasteiger partial charge < -0.3 is 10.1 Å². The predicted molar refractivity (Wildman–Crippen MR) is 165 cm³/mol. The summed E-state index contributed by atoms with van der Waals surface area (Å²) in [7, 11) is 0. The third-order valence-corrected chi connectivity index (χ3v) is 10.5. The standard InChI is InChI=1S/C37H38N2O4/c1-4-37(2,3)23-10-14-25(15-11-23)43-26-16-12-24(13-17-26)38-34(40)31(20-22-8-6-5-7-9-22)39-35(41)32-27-18-19-28(30-21-29(27)30)33(32)36(39)42/h5-19,27-33H,4,20-21H2,1-3H3,(H,38,40)/t27-,28-,29-,30+,31-,32-,33+/m0/s1. The topological polar surface area (TPSA) is 75.7 Å². The number of amides is 3. The van der Waals surface area contributed by atoms with Crippen molar-refractivity contribution < 1.29 is 19.1 Å². The number of hydrogen-bond donors (Lipinski definition) is 1. The lowest BCUT2D eigenvalue weighted by atomic mass is 9.63. The predicted octanol–water partition coefficient (Wildman–Crippen LogP) is 6.77. The van der Waals surface area contributed by atoms with Crippen LogP contribution in [0, 0.1) is 35.5 Å². The third kappa shape index (κ3) is 4.87. The van der Waals surface area contributed by atoms with Crippen LogP contribution in [-0.2, 0) is 26.2 Å². The summed E-state index contributed by atoms with van der Waals surface area (Å²) in [5.41, 5.74) is 2.85. The fraction of sp³-hybridized carbons (Fsp3) is 0.378. The zero-order chi connectivity index (χ0) is 29.9. The molecule has 4 aliphatic carbocycles. The molecule has 1 aliphatic heterocycles. The van der Waals surface area contributed by atoms with E-state index in [0.717, 1.165) is 24.2 Å². The summed E-state index contributed by atoms with van der Waals surface area (Å²) in [4.78, 5) is 42.9. The van der Waals surface area contributed by atoms with Crippen molar-refractivity contribution in [3.63, 3.8) is 0 Å². The maximum absolute atomic E-state index is 13.9. The number of allylic oxidation sites excluding steroid dienone is 2. The van der Waals surface area contributed by atoms with Gasteiger partial charge >= 0.3 is 0 Å². The van der Waals surface area contributed by atoms with E-state index >= 15 is 0 Å². The molecule has 3 aromatic rings. The molecular weight excluding hydrogens is 536 g/mol. The van der Waals surface area contributed by atoms with Crippen molar-refractivity contribution in [1.29, 1.82) is 0 Å². The molecule has 3 aromatic carbocycles. The van der Waals surface area contributed by atoms with Gasteiger partial charge in [-0.3, -0.25) is 19.3 Å². The molecule has 2 bridgehead atoms. The highest BCUT2D eigenvalue weighted by Crippen LogP contribution is 2.65. The number of rotatable bonds is 9. The second-order valence-corrected chi connectivity index (χ2v) is 13.3. The van der Waals surface area contributed by atoms with Gasteiger partial charge in [0, 0.05) is 12.1 Å². The highest BCUT2D eigenvalue weighted by molar-refractivity contribution is 6.10. The normalized spacial score (nSPS) is 27.5. The smallest absolute Gasteiger partial charge is 0.248 e. The first-order valence-corrected chi connectivity index (χ1v) is 15.5. The van der Waals surface area contributed by atoms with Gasteiger partial charge in [0.05, 0.1) is 11.8 Å². The van der Waals surface area contributed by atoms with E-state index in [1.807, 2.05) is 54.6 Å². The maximum Gasteiger partial charge on any atom is 0.248 e. The summed E-state index contributed by atoms with van der Waals surface area (Å²) in [6, 6.07) is 24.0. The van der Waals surface area contributed by atoms with Gasteiger partial charge in [-0.15, -0.1) is 0 Å². The lowest BCUT2D eigenvalue weighted by Gasteiger charge is -2.37. The number of carbonyl (C=O) groups excluding carboxylic acids is 3. The fourth-order valence-corrected chi connectivity index (χ4v) is 7.57. The van der Waals surface area contributed by atoms with Crippen molar-refractivity contribution >= 4 is 23.4 Å². The summed E-state index contributed by atoms with van der Waals surface area (Å²) >= 11 is 0. The van der Waals surface area contributed by atoms with Gasteiger partial charge in [-0.05, 0) is 89.5 Å². The molecule has 0 aromatic heterocycles. The molecule has 7 atom stereocenters. The quantitative estimate of drug-likeness (QED) is 0.226. The average Bonchev–Trinajstić information content (AvgIpc) is 3.81. The number of carbonyl (C=O) groups is 3. The Balaban J connectivity index is 1.08. The van der Waals surface area contributed by atoms with E-state index in [0.29, 0.717) is 23.3 Å². The molecule has 1 N–H and O–H groups in total. The van der Waals surface area contributed by atoms with E-state index < -0.39 is 6.04 Å². The molecule has 1 saturated heterocycles. The van der Waals surface area contributed by atoms with Crippen molar-refractivity contribution in [2.45, 2.75) is 51.5 Å². The van der Waals surface area contributed by atoms with Crippen molar-refractivity contribution in [2.24, 2.45) is 35.5 Å². The molecule has 5 aliphatic rings. The van der Waals surface area contributed by atoms with Gasteiger partial charge in [-0.2, -0.15) is 0 Å². The van der Waals surface area contributed by atoms with Gasteiger partial charge in [-0.25, -0.2) is 0 Å². The van der Waals surface area contributed by atoms with E-state index in [4.69, 9.17) is 4.74 Å². The van der Waals surface area contributed by atoms with Crippen LogP contribution in [-0.4, -0.2) is 28.7 Å². The summed E-state index contributed by atoms with van der Waals surface area (Å²) in [5, 5.41) is 2.98. The zero-order valence-electron chi connectivity index (χ0n) is 24.9. The molecule has 0 radical (unpaired) electrons. The Labute approximate surface area is 253 Å². The number of nitrogens with zero attached hydrogens (tertiary/aromatic N) is 1. The number of anilines is 1. The van der Waals surface area contributed by atoms with Crippen molar-refractivity contribution in [1.82, 2.24) is 4.90 Å².